The third-order valence-corrected chi connectivity index (χ3v) is 7.14. The molecule has 4 aromatic rings. The Morgan fingerprint density at radius 2 is 1.78 bits per heavy atom. The number of rotatable bonds is 2. The van der Waals surface area contributed by atoms with Gasteiger partial charge in [-0.1, -0.05) is 44.2 Å². The van der Waals surface area contributed by atoms with Crippen molar-refractivity contribution in [2.75, 3.05) is 25.0 Å². The normalized spacial score (nSPS) is 20.8. The molecule has 3 N–H and O–H groups in total. The fourth-order valence-corrected chi connectivity index (χ4v) is 5.17. The van der Waals surface area contributed by atoms with Gasteiger partial charge in [0.25, 0.3) is 5.91 Å². The molecule has 0 spiro atoms. The van der Waals surface area contributed by atoms with E-state index in [1.54, 1.807) is 6.20 Å². The average Bonchev–Trinajstić information content (AvgIpc) is 3.31. The zero-order valence-corrected chi connectivity index (χ0v) is 20.4. The van der Waals surface area contributed by atoms with Crippen LogP contribution in [-0.2, 0) is 11.3 Å². The van der Waals surface area contributed by atoms with Gasteiger partial charge in [-0.3, -0.25) is 14.5 Å². The molecule has 9 nitrogen and oxygen atoms in total. The molecule has 2 bridgehead atoms. The number of aromatic amines is 1. The molecule has 6 rings (SSSR count). The van der Waals surface area contributed by atoms with E-state index in [2.05, 4.69) is 20.5 Å². The van der Waals surface area contributed by atoms with E-state index in [0.717, 1.165) is 21.8 Å². The highest BCUT2D eigenvalue weighted by Crippen LogP contribution is 2.26. The molecule has 2 atom stereocenters. The topological polar surface area (TPSA) is 106 Å². The number of piperazine rings is 1. The van der Waals surface area contributed by atoms with E-state index >= 15 is 0 Å². The summed E-state index contributed by atoms with van der Waals surface area (Å²) in [5.41, 5.74) is 2.43. The number of carbonyl (C=O) groups excluding carboxylic acids is 2. The number of nitrogens with zero attached hydrogens (tertiary/aromatic N) is 4. The lowest BCUT2D eigenvalue weighted by Gasteiger charge is -2.42. The molecule has 1 saturated heterocycles. The summed E-state index contributed by atoms with van der Waals surface area (Å²) in [4.78, 5) is 43.8. The van der Waals surface area contributed by atoms with Crippen LogP contribution in [0.2, 0.25) is 0 Å². The van der Waals surface area contributed by atoms with Crippen molar-refractivity contribution in [1.82, 2.24) is 30.1 Å². The van der Waals surface area contributed by atoms with Gasteiger partial charge in [0.1, 0.15) is 23.8 Å². The van der Waals surface area contributed by atoms with E-state index in [0.29, 0.717) is 43.4 Å². The van der Waals surface area contributed by atoms with Crippen LogP contribution in [0.15, 0.2) is 54.7 Å². The zero-order chi connectivity index (χ0) is 24.8. The second kappa shape index (κ2) is 8.91. The van der Waals surface area contributed by atoms with Gasteiger partial charge in [-0.15, -0.1) is 0 Å². The van der Waals surface area contributed by atoms with Gasteiger partial charge in [-0.05, 0) is 24.1 Å². The first-order valence-electron chi connectivity index (χ1n) is 12.4. The summed E-state index contributed by atoms with van der Waals surface area (Å²) >= 11 is 0. The van der Waals surface area contributed by atoms with Crippen LogP contribution in [0.25, 0.3) is 21.8 Å². The van der Waals surface area contributed by atoms with E-state index < -0.39 is 6.04 Å². The molecule has 2 amide bonds. The maximum Gasteiger partial charge on any atom is 0.256 e. The van der Waals surface area contributed by atoms with Crippen LogP contribution in [0.3, 0.4) is 0 Å². The largest absolute Gasteiger partial charge is 0.360 e. The van der Waals surface area contributed by atoms with Gasteiger partial charge in [-0.2, -0.15) is 0 Å². The van der Waals surface area contributed by atoms with E-state index in [-0.39, 0.29) is 23.9 Å². The first-order valence-corrected chi connectivity index (χ1v) is 12.4. The monoisotopic (exact) mass is 483 g/mol. The summed E-state index contributed by atoms with van der Waals surface area (Å²) in [5.74, 6) is 1.25. The Labute approximate surface area is 208 Å². The summed E-state index contributed by atoms with van der Waals surface area (Å²) in [6.07, 6.45) is 1.43. The SMILES string of the molecule is CC(C)[C@@H]1Nc2nc(nc3ccccc23)CN2CCN(C(=O)c3c[nH]c4ccccc34)CC2NC1=O. The first kappa shape index (κ1) is 22.5. The molecule has 2 aromatic heterocycles. The molecule has 2 aliphatic heterocycles. The number of benzene rings is 2. The lowest BCUT2D eigenvalue weighted by atomic mass is 10.0. The van der Waals surface area contributed by atoms with Crippen molar-refractivity contribution < 1.29 is 9.59 Å². The second-order valence-electron chi connectivity index (χ2n) is 9.87. The van der Waals surface area contributed by atoms with Crippen molar-refractivity contribution in [1.29, 1.82) is 0 Å². The standard InChI is InChI=1S/C27H29N7O2/c1-16(2)24-26(35)31-23-15-34(27(36)19-13-28-20-9-5-3-7-17(19)20)12-11-33(23)14-22-29-21-10-6-4-8-18(21)25(30-22)32-24/h3-10,13,16,23-24,28H,11-12,14-15H2,1-2H3,(H,31,35)(H,29,30,32)/t23?,24-/m0/s1. The van der Waals surface area contributed by atoms with Crippen molar-refractivity contribution in [3.63, 3.8) is 0 Å². The highest BCUT2D eigenvalue weighted by molar-refractivity contribution is 6.06. The first-order chi connectivity index (χ1) is 17.5. The lowest BCUT2D eigenvalue weighted by Crippen LogP contribution is -2.63. The number of nitrogens with one attached hydrogen (secondary N) is 3. The van der Waals surface area contributed by atoms with Crippen LogP contribution in [0, 0.1) is 5.92 Å². The molecule has 184 valence electrons. The van der Waals surface area contributed by atoms with E-state index in [9.17, 15) is 9.59 Å². The van der Waals surface area contributed by atoms with E-state index in [1.807, 2.05) is 67.3 Å². The summed E-state index contributed by atoms with van der Waals surface area (Å²) in [5, 5.41) is 8.40. The van der Waals surface area contributed by atoms with Crippen molar-refractivity contribution in [3.05, 3.63) is 66.1 Å². The van der Waals surface area contributed by atoms with Crippen LogP contribution in [0.4, 0.5) is 5.82 Å². The van der Waals surface area contributed by atoms with Crippen molar-refractivity contribution >= 4 is 39.4 Å². The van der Waals surface area contributed by atoms with Crippen molar-refractivity contribution in [2.24, 2.45) is 5.92 Å². The predicted octanol–water partition coefficient (Wildman–Crippen LogP) is 2.96. The van der Waals surface area contributed by atoms with Gasteiger partial charge in [0.2, 0.25) is 5.91 Å². The molecule has 0 saturated carbocycles. The van der Waals surface area contributed by atoms with Crippen LogP contribution < -0.4 is 10.6 Å². The number of H-pyrrole nitrogens is 1. The fourth-order valence-electron chi connectivity index (χ4n) is 5.17. The van der Waals surface area contributed by atoms with Gasteiger partial charge in [-0.25, -0.2) is 9.97 Å². The predicted molar refractivity (Wildman–Crippen MR) is 138 cm³/mol. The molecule has 2 aromatic carbocycles. The third kappa shape index (κ3) is 3.95. The average molecular weight is 484 g/mol. The van der Waals surface area contributed by atoms with Gasteiger partial charge in [0.05, 0.1) is 24.2 Å². The number of hydrogen-bond acceptors (Lipinski definition) is 6. The van der Waals surface area contributed by atoms with Crippen molar-refractivity contribution in [3.8, 4) is 0 Å². The Kier molecular flexibility index (Phi) is 5.56. The summed E-state index contributed by atoms with van der Waals surface area (Å²) in [6, 6.07) is 15.2. The van der Waals surface area contributed by atoms with E-state index in [4.69, 9.17) is 9.97 Å². The lowest BCUT2D eigenvalue weighted by molar-refractivity contribution is -0.125. The summed E-state index contributed by atoms with van der Waals surface area (Å²) < 4.78 is 0. The number of aromatic nitrogens is 3. The molecule has 9 heteroatoms. The molecule has 0 radical (unpaired) electrons. The third-order valence-electron chi connectivity index (χ3n) is 7.14. The summed E-state index contributed by atoms with van der Waals surface area (Å²) in [6.45, 7) is 6.04. The minimum absolute atomic E-state index is 0.0302. The highest BCUT2D eigenvalue weighted by atomic mass is 16.2. The molecule has 4 heterocycles. The number of hydrogen-bond donors (Lipinski definition) is 3. The molecule has 1 unspecified atom stereocenters. The summed E-state index contributed by atoms with van der Waals surface area (Å²) in [7, 11) is 0. The number of fused-ring (bicyclic) bond motifs is 6. The maximum atomic E-state index is 13.5. The number of para-hydroxylation sites is 2. The Balaban J connectivity index is 1.33. The van der Waals surface area contributed by atoms with E-state index in [1.165, 1.54) is 0 Å². The molecule has 36 heavy (non-hydrogen) atoms. The van der Waals surface area contributed by atoms with Crippen LogP contribution in [0.1, 0.15) is 30.0 Å². The van der Waals surface area contributed by atoms with Crippen molar-refractivity contribution in [2.45, 2.75) is 32.6 Å². The Hall–Kier alpha value is -3.98. The Morgan fingerprint density at radius 1 is 1.00 bits per heavy atom. The van der Waals surface area contributed by atoms with Crippen LogP contribution in [0.5, 0.6) is 0 Å². The molecular weight excluding hydrogens is 454 g/mol. The molecule has 0 aliphatic carbocycles. The van der Waals surface area contributed by atoms with Gasteiger partial charge < -0.3 is 20.5 Å². The molecular formula is C27H29N7O2. The fraction of sp³-hybridized carbons (Fsp3) is 0.333. The second-order valence-corrected chi connectivity index (χ2v) is 9.87. The maximum absolute atomic E-state index is 13.5. The van der Waals surface area contributed by atoms with Gasteiger partial charge in [0, 0.05) is 35.6 Å². The number of carbonyl (C=O) groups is 2. The minimum Gasteiger partial charge on any atom is -0.360 e. The quantitative estimate of drug-likeness (QED) is 0.405. The van der Waals surface area contributed by atoms with Crippen LogP contribution in [-0.4, -0.2) is 68.4 Å². The molecule has 2 aliphatic rings. The Bertz CT molecular complexity index is 1460. The number of anilines is 1. The molecule has 1 fully saturated rings. The highest BCUT2D eigenvalue weighted by Gasteiger charge is 2.35. The number of amides is 2. The Morgan fingerprint density at radius 3 is 2.61 bits per heavy atom. The smallest absolute Gasteiger partial charge is 0.256 e. The minimum atomic E-state index is -0.476. The zero-order valence-electron chi connectivity index (χ0n) is 20.4. The van der Waals surface area contributed by atoms with Gasteiger partial charge in [0.15, 0.2) is 0 Å². The van der Waals surface area contributed by atoms with Gasteiger partial charge >= 0.3 is 0 Å². The van der Waals surface area contributed by atoms with Crippen LogP contribution >= 0.6 is 0 Å².